The number of aryl methyl sites for hydroxylation is 2. The van der Waals surface area contributed by atoms with Crippen molar-refractivity contribution in [3.8, 4) is 0 Å². The Morgan fingerprint density at radius 2 is 1.82 bits per heavy atom. The van der Waals surface area contributed by atoms with Gasteiger partial charge in [0, 0.05) is 37.7 Å². The number of alkyl halides is 3. The molecule has 2 aliphatic rings. The Hall–Kier alpha value is -3.70. The zero-order valence-corrected chi connectivity index (χ0v) is 27.1. The van der Waals surface area contributed by atoms with Crippen molar-refractivity contribution < 1.29 is 23.1 Å². The van der Waals surface area contributed by atoms with Gasteiger partial charge in [0.05, 0.1) is 11.0 Å². The summed E-state index contributed by atoms with van der Waals surface area (Å²) in [5.74, 6) is 0.0564. The van der Waals surface area contributed by atoms with Crippen LogP contribution in [-0.2, 0) is 22.9 Å². The summed E-state index contributed by atoms with van der Waals surface area (Å²) in [6, 6.07) is 9.60. The van der Waals surface area contributed by atoms with Gasteiger partial charge >= 0.3 is 6.18 Å². The van der Waals surface area contributed by atoms with Crippen LogP contribution in [0.25, 0.3) is 0 Å². The number of likely N-dealkylation sites (tertiary alicyclic amines) is 1. The number of hydrogen-bond donors (Lipinski definition) is 3. The van der Waals surface area contributed by atoms with Gasteiger partial charge < -0.3 is 25.5 Å². The number of carbonyl (C=O) groups is 1. The number of nitrogens with zero attached hydrogens (tertiary/aromatic N) is 4. The molecule has 2 aliphatic heterocycles. The molecule has 5 rings (SSSR count). The molecule has 0 atom stereocenters. The maximum atomic E-state index is 14.1. The summed E-state index contributed by atoms with van der Waals surface area (Å²) in [7, 11) is 1.76. The van der Waals surface area contributed by atoms with Gasteiger partial charge in [-0.1, -0.05) is 18.2 Å². The van der Waals surface area contributed by atoms with E-state index in [4.69, 9.17) is 0 Å². The number of hydrogen-bond acceptors (Lipinski definition) is 7. The number of amides is 1. The van der Waals surface area contributed by atoms with Gasteiger partial charge in [-0.25, -0.2) is 4.98 Å². The second kappa shape index (κ2) is 11.9. The Labute approximate surface area is 263 Å². The van der Waals surface area contributed by atoms with E-state index < -0.39 is 22.8 Å². The highest BCUT2D eigenvalue weighted by atomic mass is 19.4. The second-order valence-electron chi connectivity index (χ2n) is 13.6. The van der Waals surface area contributed by atoms with Crippen molar-refractivity contribution in [2.75, 3.05) is 42.2 Å². The molecular weight excluding hydrogens is 581 g/mol. The molecule has 3 heterocycles. The van der Waals surface area contributed by atoms with Crippen molar-refractivity contribution in [3.05, 3.63) is 69.9 Å². The maximum absolute atomic E-state index is 14.1. The van der Waals surface area contributed by atoms with Crippen molar-refractivity contribution >= 4 is 29.0 Å². The van der Waals surface area contributed by atoms with Gasteiger partial charge in [0.25, 0.3) is 0 Å². The summed E-state index contributed by atoms with van der Waals surface area (Å²) in [5, 5.41) is 16.0. The Bertz CT molecular complexity index is 1590. The lowest BCUT2D eigenvalue weighted by Crippen LogP contribution is -2.42. The summed E-state index contributed by atoms with van der Waals surface area (Å²) >= 11 is 0. The molecule has 1 fully saturated rings. The molecule has 1 saturated heterocycles. The molecule has 0 radical (unpaired) electrons. The molecule has 1 amide bonds. The molecule has 3 aromatic rings. The van der Waals surface area contributed by atoms with Crippen molar-refractivity contribution in [3.63, 3.8) is 0 Å². The van der Waals surface area contributed by atoms with Crippen molar-refractivity contribution in [2.45, 2.75) is 84.0 Å². The third-order valence-corrected chi connectivity index (χ3v) is 9.00. The molecule has 0 saturated carbocycles. The molecule has 11 heteroatoms. The predicted octanol–water partition coefficient (Wildman–Crippen LogP) is 6.67. The van der Waals surface area contributed by atoms with E-state index in [0.717, 1.165) is 54.5 Å². The van der Waals surface area contributed by atoms with Crippen LogP contribution in [-0.4, -0.2) is 58.2 Å². The highest BCUT2D eigenvalue weighted by Gasteiger charge is 2.40. The number of fused-ring (bicyclic) bond motifs is 1. The molecule has 0 unspecified atom stereocenters. The van der Waals surface area contributed by atoms with Crippen LogP contribution in [0.1, 0.15) is 79.8 Å². The highest BCUT2D eigenvalue weighted by Crippen LogP contribution is 2.41. The van der Waals surface area contributed by atoms with Gasteiger partial charge in [0.15, 0.2) is 0 Å². The summed E-state index contributed by atoms with van der Waals surface area (Å²) in [4.78, 5) is 25.0. The third-order valence-electron chi connectivity index (χ3n) is 9.00. The molecular formula is C34H43F3N6O2. The lowest BCUT2D eigenvalue weighted by molar-refractivity contribution is -0.137. The number of piperidine rings is 1. The lowest BCUT2D eigenvalue weighted by atomic mass is 9.83. The summed E-state index contributed by atoms with van der Waals surface area (Å²) in [6.07, 6.45) is -1.85. The van der Waals surface area contributed by atoms with E-state index in [-0.39, 0.29) is 24.2 Å². The normalized spacial score (nSPS) is 17.3. The van der Waals surface area contributed by atoms with Crippen LogP contribution >= 0.6 is 0 Å². The summed E-state index contributed by atoms with van der Waals surface area (Å²) < 4.78 is 42.2. The Kier molecular flexibility index (Phi) is 8.65. The number of aromatic nitrogens is 2. The number of nitrogens with one attached hydrogen (secondary N) is 2. The summed E-state index contributed by atoms with van der Waals surface area (Å²) in [6.45, 7) is 13.8. The fraction of sp³-hybridized carbons (Fsp3) is 0.500. The monoisotopic (exact) mass is 624 g/mol. The Morgan fingerprint density at radius 1 is 1.13 bits per heavy atom. The van der Waals surface area contributed by atoms with E-state index in [9.17, 15) is 23.1 Å². The van der Waals surface area contributed by atoms with Crippen LogP contribution in [0, 0.1) is 13.8 Å². The number of aliphatic hydroxyl groups is 1. The first-order valence-corrected chi connectivity index (χ1v) is 15.4. The van der Waals surface area contributed by atoms with E-state index in [1.807, 2.05) is 20.8 Å². The number of anilines is 4. The number of carbonyl (C=O) groups excluding carboxylic acids is 1. The van der Waals surface area contributed by atoms with Crippen LogP contribution in [0.5, 0.6) is 0 Å². The Morgan fingerprint density at radius 3 is 2.47 bits per heavy atom. The summed E-state index contributed by atoms with van der Waals surface area (Å²) in [5.41, 5.74) is 3.82. The van der Waals surface area contributed by atoms with Gasteiger partial charge in [-0.3, -0.25) is 4.79 Å². The van der Waals surface area contributed by atoms with Gasteiger partial charge in [-0.2, -0.15) is 18.2 Å². The van der Waals surface area contributed by atoms with Crippen LogP contribution in [0.3, 0.4) is 0 Å². The number of β-amino-alcohol motifs (C(OH)–C–C–N with tert-alkyl or cyclic N) is 1. The molecule has 242 valence electrons. The van der Waals surface area contributed by atoms with Crippen LogP contribution < -0.4 is 15.5 Å². The smallest absolute Gasteiger partial charge is 0.389 e. The molecule has 45 heavy (non-hydrogen) atoms. The van der Waals surface area contributed by atoms with E-state index in [2.05, 4.69) is 44.6 Å². The predicted molar refractivity (Wildman–Crippen MR) is 171 cm³/mol. The molecule has 0 bridgehead atoms. The number of rotatable bonds is 8. The maximum Gasteiger partial charge on any atom is 0.421 e. The minimum atomic E-state index is -4.66. The SMILES string of the molecule is Cc1cc(N(C)c2ncc(C(F)(F)F)c(NCc3cccc4c3C(C)(C)C(=O)N4)n2)c(C)cc1C1CCN(CC(C)(C)O)CC1. The minimum absolute atomic E-state index is 0.0479. The standard InChI is InChI=1S/C34H43F3N6O2/c1-20-16-27(21(2)15-24(20)22-11-13-43(14-12-22)19-32(3,4)45)42(7)31-39-18-25(34(35,36)37)29(41-31)38-17-23-9-8-10-26-28(23)33(5,6)30(44)40-26/h8-10,15-16,18,22,45H,11-14,17,19H2,1-7H3,(H,40,44)(H,38,39,41). The highest BCUT2D eigenvalue weighted by molar-refractivity contribution is 6.06. The van der Waals surface area contributed by atoms with Gasteiger partial charge in [0.2, 0.25) is 11.9 Å². The lowest BCUT2D eigenvalue weighted by Gasteiger charge is -2.36. The van der Waals surface area contributed by atoms with Gasteiger partial charge in [0.1, 0.15) is 11.4 Å². The van der Waals surface area contributed by atoms with Gasteiger partial charge in [-0.05, 0) is 113 Å². The van der Waals surface area contributed by atoms with E-state index >= 15 is 0 Å². The molecule has 0 aliphatic carbocycles. The van der Waals surface area contributed by atoms with E-state index in [1.165, 1.54) is 5.56 Å². The average Bonchev–Trinajstić information content (AvgIpc) is 3.19. The van der Waals surface area contributed by atoms with E-state index in [1.54, 1.807) is 44.0 Å². The molecule has 2 aromatic carbocycles. The van der Waals surface area contributed by atoms with E-state index in [0.29, 0.717) is 23.7 Å². The first kappa shape index (κ1) is 32.7. The molecule has 0 spiro atoms. The molecule has 1 aromatic heterocycles. The van der Waals surface area contributed by atoms with Crippen LogP contribution in [0.2, 0.25) is 0 Å². The largest absolute Gasteiger partial charge is 0.421 e. The fourth-order valence-electron chi connectivity index (χ4n) is 6.72. The van der Waals surface area contributed by atoms with Gasteiger partial charge in [-0.15, -0.1) is 0 Å². The number of benzene rings is 2. The topological polar surface area (TPSA) is 93.6 Å². The molecule has 3 N–H and O–H groups in total. The van der Waals surface area contributed by atoms with Crippen LogP contribution in [0.15, 0.2) is 36.5 Å². The third kappa shape index (κ3) is 6.79. The average molecular weight is 625 g/mol. The van der Waals surface area contributed by atoms with Crippen molar-refractivity contribution in [1.29, 1.82) is 0 Å². The second-order valence-corrected chi connectivity index (χ2v) is 13.6. The van der Waals surface area contributed by atoms with Crippen molar-refractivity contribution in [2.24, 2.45) is 0 Å². The first-order chi connectivity index (χ1) is 21.0. The zero-order valence-electron chi connectivity index (χ0n) is 27.1. The van der Waals surface area contributed by atoms with Crippen LogP contribution in [0.4, 0.5) is 36.3 Å². The quantitative estimate of drug-likeness (QED) is 0.258. The zero-order chi connectivity index (χ0) is 32.9. The molecule has 8 nitrogen and oxygen atoms in total. The first-order valence-electron chi connectivity index (χ1n) is 15.4. The van der Waals surface area contributed by atoms with Crippen molar-refractivity contribution in [1.82, 2.24) is 14.9 Å². The minimum Gasteiger partial charge on any atom is -0.389 e. The Balaban J connectivity index is 1.38. The number of halogens is 3. The fourth-order valence-corrected chi connectivity index (χ4v) is 6.72.